The second-order valence-electron chi connectivity index (χ2n) is 5.03. The summed E-state index contributed by atoms with van der Waals surface area (Å²) in [5.74, 6) is 0.225. The lowest BCUT2D eigenvalue weighted by Gasteiger charge is -2.31. The number of piperidine rings is 1. The summed E-state index contributed by atoms with van der Waals surface area (Å²) in [5.41, 5.74) is 0.951. The van der Waals surface area contributed by atoms with E-state index in [0.29, 0.717) is 13.1 Å². The minimum Gasteiger partial charge on any atom is -0.396 e. The Kier molecular flexibility index (Phi) is 4.76. The van der Waals surface area contributed by atoms with E-state index in [9.17, 15) is 9.90 Å². The molecular formula is C13H21N3O2S. The van der Waals surface area contributed by atoms with Gasteiger partial charge in [0.25, 0.3) is 0 Å². The Morgan fingerprint density at radius 2 is 2.37 bits per heavy atom. The quantitative estimate of drug-likeness (QED) is 0.887. The number of hydrogen-bond acceptors (Lipinski definition) is 4. The number of likely N-dealkylation sites (tertiary alicyclic amines) is 1. The predicted molar refractivity (Wildman–Crippen MR) is 75.2 cm³/mol. The molecule has 1 fully saturated rings. The van der Waals surface area contributed by atoms with E-state index in [4.69, 9.17) is 0 Å². The molecule has 1 aromatic heterocycles. The first-order valence-corrected chi connectivity index (χ1v) is 7.48. The van der Waals surface area contributed by atoms with E-state index < -0.39 is 0 Å². The van der Waals surface area contributed by atoms with Crippen LogP contribution < -0.4 is 5.32 Å². The van der Waals surface area contributed by atoms with Crippen molar-refractivity contribution in [2.45, 2.75) is 33.2 Å². The first kappa shape index (κ1) is 14.3. The number of carbonyl (C=O) groups is 1. The number of nitrogens with one attached hydrogen (secondary N) is 1. The molecular weight excluding hydrogens is 262 g/mol. The van der Waals surface area contributed by atoms with E-state index in [0.717, 1.165) is 35.0 Å². The smallest absolute Gasteiger partial charge is 0.317 e. The van der Waals surface area contributed by atoms with Crippen LogP contribution in [-0.2, 0) is 6.54 Å². The Balaban J connectivity index is 1.85. The fraction of sp³-hybridized carbons (Fsp3) is 0.692. The van der Waals surface area contributed by atoms with Gasteiger partial charge in [-0.05, 0) is 32.6 Å². The van der Waals surface area contributed by atoms with Crippen LogP contribution in [0.25, 0.3) is 0 Å². The molecule has 1 aliphatic heterocycles. The van der Waals surface area contributed by atoms with Gasteiger partial charge >= 0.3 is 6.03 Å². The second-order valence-corrected chi connectivity index (χ2v) is 6.44. The molecule has 6 heteroatoms. The van der Waals surface area contributed by atoms with Crippen molar-refractivity contribution in [2.75, 3.05) is 19.7 Å². The number of thiazole rings is 1. The second kappa shape index (κ2) is 6.34. The summed E-state index contributed by atoms with van der Waals surface area (Å²) in [7, 11) is 0. The Labute approximate surface area is 117 Å². The Morgan fingerprint density at radius 3 is 3.00 bits per heavy atom. The number of nitrogens with zero attached hydrogens (tertiary/aromatic N) is 2. The van der Waals surface area contributed by atoms with E-state index in [-0.39, 0.29) is 18.6 Å². The number of rotatable bonds is 3. The standard InChI is InChI=1S/C13H21N3O2S/c1-9-12(15-10(2)19-9)6-14-13(18)16-5-3-4-11(7-16)8-17/h11,17H,3-8H2,1-2H3,(H,14,18). The van der Waals surface area contributed by atoms with Gasteiger partial charge in [0.1, 0.15) is 0 Å². The lowest BCUT2D eigenvalue weighted by molar-refractivity contribution is 0.129. The monoisotopic (exact) mass is 283 g/mol. The van der Waals surface area contributed by atoms with Crippen LogP contribution in [0.1, 0.15) is 28.4 Å². The molecule has 0 aromatic carbocycles. The van der Waals surface area contributed by atoms with E-state index in [2.05, 4.69) is 10.3 Å². The van der Waals surface area contributed by atoms with Gasteiger partial charge in [-0.25, -0.2) is 9.78 Å². The van der Waals surface area contributed by atoms with Crippen LogP contribution in [0.5, 0.6) is 0 Å². The summed E-state index contributed by atoms with van der Waals surface area (Å²) in [6.45, 7) is 6.06. The fourth-order valence-corrected chi connectivity index (χ4v) is 3.24. The topological polar surface area (TPSA) is 65.5 Å². The van der Waals surface area contributed by atoms with Crippen molar-refractivity contribution in [2.24, 2.45) is 5.92 Å². The summed E-state index contributed by atoms with van der Waals surface area (Å²) in [5, 5.41) is 13.1. The fourth-order valence-electron chi connectivity index (χ4n) is 2.41. The van der Waals surface area contributed by atoms with Crippen molar-refractivity contribution in [1.82, 2.24) is 15.2 Å². The van der Waals surface area contributed by atoms with Crippen molar-refractivity contribution in [3.63, 3.8) is 0 Å². The number of aliphatic hydroxyl groups is 1. The summed E-state index contributed by atoms with van der Waals surface area (Å²) in [6.07, 6.45) is 1.97. The molecule has 0 radical (unpaired) electrons. The van der Waals surface area contributed by atoms with E-state index in [1.54, 1.807) is 16.2 Å². The maximum atomic E-state index is 12.1. The maximum absolute atomic E-state index is 12.1. The summed E-state index contributed by atoms with van der Waals surface area (Å²) in [4.78, 5) is 19.4. The molecule has 0 bridgehead atoms. The van der Waals surface area contributed by atoms with Crippen LogP contribution >= 0.6 is 11.3 Å². The minimum absolute atomic E-state index is 0.0526. The zero-order valence-electron chi connectivity index (χ0n) is 11.5. The van der Waals surface area contributed by atoms with Crippen molar-refractivity contribution >= 4 is 17.4 Å². The minimum atomic E-state index is -0.0526. The molecule has 2 heterocycles. The van der Waals surface area contributed by atoms with Gasteiger partial charge in [-0.3, -0.25) is 0 Å². The molecule has 106 valence electrons. The van der Waals surface area contributed by atoms with Gasteiger partial charge in [0.2, 0.25) is 0 Å². The molecule has 0 aliphatic carbocycles. The number of aryl methyl sites for hydroxylation is 2. The third kappa shape index (κ3) is 3.67. The Morgan fingerprint density at radius 1 is 1.58 bits per heavy atom. The van der Waals surface area contributed by atoms with Gasteiger partial charge in [0, 0.05) is 24.6 Å². The van der Waals surface area contributed by atoms with Gasteiger partial charge in [0.05, 0.1) is 17.2 Å². The van der Waals surface area contributed by atoms with Gasteiger partial charge in [-0.15, -0.1) is 11.3 Å². The largest absolute Gasteiger partial charge is 0.396 e. The summed E-state index contributed by atoms with van der Waals surface area (Å²) >= 11 is 1.65. The van der Waals surface area contributed by atoms with Crippen molar-refractivity contribution in [3.8, 4) is 0 Å². The molecule has 5 nitrogen and oxygen atoms in total. The zero-order valence-corrected chi connectivity index (χ0v) is 12.3. The van der Waals surface area contributed by atoms with Crippen LogP contribution in [0, 0.1) is 19.8 Å². The van der Waals surface area contributed by atoms with Gasteiger partial charge in [-0.2, -0.15) is 0 Å². The lowest BCUT2D eigenvalue weighted by atomic mass is 9.99. The molecule has 0 spiro atoms. The molecule has 1 aliphatic rings. The van der Waals surface area contributed by atoms with Crippen LogP contribution in [0.4, 0.5) is 4.79 Å². The SMILES string of the molecule is Cc1nc(CNC(=O)N2CCCC(CO)C2)c(C)s1. The predicted octanol–water partition coefficient (Wildman–Crippen LogP) is 1.67. The molecule has 2 amide bonds. The molecule has 1 saturated heterocycles. The highest BCUT2D eigenvalue weighted by Crippen LogP contribution is 2.17. The zero-order chi connectivity index (χ0) is 13.8. The lowest BCUT2D eigenvalue weighted by Crippen LogP contribution is -2.46. The highest BCUT2D eigenvalue weighted by atomic mass is 32.1. The molecule has 19 heavy (non-hydrogen) atoms. The average molecular weight is 283 g/mol. The number of carbonyl (C=O) groups excluding carboxylic acids is 1. The van der Waals surface area contributed by atoms with Crippen LogP contribution in [0.15, 0.2) is 0 Å². The van der Waals surface area contributed by atoms with Crippen molar-refractivity contribution in [1.29, 1.82) is 0 Å². The van der Waals surface area contributed by atoms with Crippen LogP contribution in [-0.4, -0.2) is 40.7 Å². The maximum Gasteiger partial charge on any atom is 0.317 e. The van der Waals surface area contributed by atoms with Gasteiger partial charge in [-0.1, -0.05) is 0 Å². The average Bonchev–Trinajstić information content (AvgIpc) is 2.74. The molecule has 2 rings (SSSR count). The molecule has 1 atom stereocenters. The highest BCUT2D eigenvalue weighted by molar-refractivity contribution is 7.11. The molecule has 1 aromatic rings. The summed E-state index contributed by atoms with van der Waals surface area (Å²) in [6, 6.07) is -0.0526. The van der Waals surface area contributed by atoms with Crippen molar-refractivity contribution in [3.05, 3.63) is 15.6 Å². The van der Waals surface area contributed by atoms with E-state index in [1.807, 2.05) is 13.8 Å². The summed E-state index contributed by atoms with van der Waals surface area (Å²) < 4.78 is 0. The Bertz CT molecular complexity index is 447. The van der Waals surface area contributed by atoms with Gasteiger partial charge < -0.3 is 15.3 Å². The highest BCUT2D eigenvalue weighted by Gasteiger charge is 2.23. The van der Waals surface area contributed by atoms with Gasteiger partial charge in [0.15, 0.2) is 0 Å². The Hall–Kier alpha value is -1.14. The third-order valence-electron chi connectivity index (χ3n) is 3.47. The third-order valence-corrected chi connectivity index (χ3v) is 4.40. The molecule has 1 unspecified atom stereocenters. The number of hydrogen-bond donors (Lipinski definition) is 2. The van der Waals surface area contributed by atoms with Crippen LogP contribution in [0.3, 0.4) is 0 Å². The number of amides is 2. The normalized spacial score (nSPS) is 19.5. The molecule has 0 saturated carbocycles. The first-order valence-electron chi connectivity index (χ1n) is 6.66. The number of aliphatic hydroxyl groups excluding tert-OH is 1. The van der Waals surface area contributed by atoms with E-state index >= 15 is 0 Å². The van der Waals surface area contributed by atoms with Crippen LogP contribution in [0.2, 0.25) is 0 Å². The number of aromatic nitrogens is 1. The molecule has 2 N–H and O–H groups in total. The van der Waals surface area contributed by atoms with Crippen molar-refractivity contribution < 1.29 is 9.90 Å². The first-order chi connectivity index (χ1) is 9.10. The number of urea groups is 1. The van der Waals surface area contributed by atoms with E-state index in [1.165, 1.54) is 0 Å².